The summed E-state index contributed by atoms with van der Waals surface area (Å²) in [4.78, 5) is 22.7. The molecule has 0 saturated carbocycles. The number of aromatic nitrogens is 2. The first kappa shape index (κ1) is 18.3. The minimum atomic E-state index is -0.134. The fraction of sp³-hybridized carbons (Fsp3) is 0.706. The highest BCUT2D eigenvalue weighted by Gasteiger charge is 2.28. The topological polar surface area (TPSA) is 93.4 Å². The first-order valence-electron chi connectivity index (χ1n) is 8.78. The average molecular weight is 335 g/mol. The zero-order chi connectivity index (χ0) is 17.5. The summed E-state index contributed by atoms with van der Waals surface area (Å²) in [5, 5.41) is 3.28. The first-order valence-corrected chi connectivity index (χ1v) is 8.78. The molecule has 0 radical (unpaired) electrons. The van der Waals surface area contributed by atoms with Crippen molar-refractivity contribution in [2.75, 3.05) is 42.2 Å². The molecule has 1 saturated heterocycles. The zero-order valence-electron chi connectivity index (χ0n) is 14.9. The van der Waals surface area contributed by atoms with Gasteiger partial charge in [-0.05, 0) is 32.1 Å². The first-order chi connectivity index (χ1) is 11.5. The molecule has 1 atom stereocenters. The monoisotopic (exact) mass is 335 g/mol. The van der Waals surface area contributed by atoms with Crippen molar-refractivity contribution in [3.8, 4) is 0 Å². The molecule has 2 heterocycles. The van der Waals surface area contributed by atoms with Crippen LogP contribution in [0.1, 0.15) is 40.0 Å². The molecule has 0 bridgehead atoms. The highest BCUT2D eigenvalue weighted by Crippen LogP contribution is 2.30. The average Bonchev–Trinajstić information content (AvgIpc) is 2.56. The van der Waals surface area contributed by atoms with Crippen LogP contribution < -0.4 is 16.0 Å². The van der Waals surface area contributed by atoms with Gasteiger partial charge in [-0.2, -0.15) is 0 Å². The molecule has 0 amide bonds. The van der Waals surface area contributed by atoms with Crippen LogP contribution in [0.3, 0.4) is 0 Å². The summed E-state index contributed by atoms with van der Waals surface area (Å²) in [6.45, 7) is 8.85. The van der Waals surface area contributed by atoms with Gasteiger partial charge in [0.1, 0.15) is 12.0 Å². The molecular weight excluding hydrogens is 306 g/mol. The van der Waals surface area contributed by atoms with Crippen LogP contribution in [0.15, 0.2) is 6.33 Å². The van der Waals surface area contributed by atoms with Gasteiger partial charge in [0.15, 0.2) is 11.6 Å². The lowest BCUT2D eigenvalue weighted by Gasteiger charge is -2.33. The molecule has 1 aromatic rings. The number of ether oxygens (including phenoxy) is 1. The number of hydrogen-bond donors (Lipinski definition) is 2. The maximum absolute atomic E-state index is 12.0. The smallest absolute Gasteiger partial charge is 0.310 e. The van der Waals surface area contributed by atoms with E-state index in [1.807, 2.05) is 6.92 Å². The Balaban J connectivity index is 2.06. The number of rotatable bonds is 7. The number of carbonyl (C=O) groups is 1. The molecule has 7 heteroatoms. The van der Waals surface area contributed by atoms with Gasteiger partial charge in [-0.1, -0.05) is 13.8 Å². The third-order valence-electron chi connectivity index (χ3n) is 4.22. The number of anilines is 3. The van der Waals surface area contributed by atoms with E-state index >= 15 is 0 Å². The van der Waals surface area contributed by atoms with Crippen molar-refractivity contribution in [2.45, 2.75) is 40.0 Å². The number of hydrogen-bond acceptors (Lipinski definition) is 7. The number of nitrogen functional groups attached to an aromatic ring is 1. The Kier molecular flexibility index (Phi) is 6.63. The predicted molar refractivity (Wildman–Crippen MR) is 96.0 cm³/mol. The van der Waals surface area contributed by atoms with Crippen LogP contribution in [0.4, 0.5) is 17.3 Å². The van der Waals surface area contributed by atoms with E-state index in [-0.39, 0.29) is 11.9 Å². The van der Waals surface area contributed by atoms with Crippen LogP contribution in [-0.2, 0) is 9.53 Å². The van der Waals surface area contributed by atoms with Crippen LogP contribution >= 0.6 is 0 Å². The van der Waals surface area contributed by atoms with Crippen molar-refractivity contribution < 1.29 is 9.53 Å². The lowest BCUT2D eigenvalue weighted by atomic mass is 9.98. The maximum Gasteiger partial charge on any atom is 0.310 e. The molecule has 2 rings (SSSR count). The molecule has 1 unspecified atom stereocenters. The Labute approximate surface area is 144 Å². The summed E-state index contributed by atoms with van der Waals surface area (Å²) in [7, 11) is 0. The van der Waals surface area contributed by atoms with Crippen LogP contribution in [-0.4, -0.2) is 42.2 Å². The van der Waals surface area contributed by atoms with Gasteiger partial charge >= 0.3 is 5.97 Å². The van der Waals surface area contributed by atoms with Gasteiger partial charge in [-0.25, -0.2) is 9.97 Å². The van der Waals surface area contributed by atoms with Gasteiger partial charge in [0.25, 0.3) is 0 Å². The third kappa shape index (κ3) is 4.72. The summed E-state index contributed by atoms with van der Waals surface area (Å²) < 4.78 is 5.15. The Bertz CT molecular complexity index is 550. The summed E-state index contributed by atoms with van der Waals surface area (Å²) in [5.41, 5.74) is 6.81. The second kappa shape index (κ2) is 8.70. The molecule has 0 aromatic carbocycles. The largest absolute Gasteiger partial charge is 0.466 e. The minimum absolute atomic E-state index is 0.120. The zero-order valence-corrected chi connectivity index (χ0v) is 14.9. The van der Waals surface area contributed by atoms with Gasteiger partial charge in [0.05, 0.1) is 12.5 Å². The van der Waals surface area contributed by atoms with Gasteiger partial charge < -0.3 is 20.7 Å². The predicted octanol–water partition coefficient (Wildman–Crippen LogP) is 2.30. The lowest BCUT2D eigenvalue weighted by molar-refractivity contribution is -0.148. The second-order valence-corrected chi connectivity index (χ2v) is 6.61. The van der Waals surface area contributed by atoms with E-state index in [1.54, 1.807) is 0 Å². The fourth-order valence-corrected chi connectivity index (χ4v) is 2.88. The number of nitrogens with zero attached hydrogens (tertiary/aromatic N) is 3. The molecule has 0 aliphatic carbocycles. The van der Waals surface area contributed by atoms with Gasteiger partial charge in [-0.15, -0.1) is 0 Å². The Morgan fingerprint density at radius 2 is 2.29 bits per heavy atom. The van der Waals surface area contributed by atoms with E-state index in [0.717, 1.165) is 32.4 Å². The Hall–Kier alpha value is -2.05. The Morgan fingerprint density at radius 3 is 3.00 bits per heavy atom. The molecule has 24 heavy (non-hydrogen) atoms. The van der Waals surface area contributed by atoms with Crippen molar-refractivity contribution in [1.82, 2.24) is 9.97 Å². The molecule has 1 fully saturated rings. The van der Waals surface area contributed by atoms with Crippen molar-refractivity contribution >= 4 is 23.3 Å². The van der Waals surface area contributed by atoms with Crippen LogP contribution in [0.5, 0.6) is 0 Å². The third-order valence-corrected chi connectivity index (χ3v) is 4.22. The van der Waals surface area contributed by atoms with E-state index in [9.17, 15) is 4.79 Å². The van der Waals surface area contributed by atoms with E-state index in [0.29, 0.717) is 36.4 Å². The summed E-state index contributed by atoms with van der Waals surface area (Å²) in [6.07, 6.45) is 4.34. The number of carbonyl (C=O) groups excluding carboxylic acids is 1. The molecule has 3 N–H and O–H groups in total. The van der Waals surface area contributed by atoms with Gasteiger partial charge in [-0.3, -0.25) is 4.79 Å². The standard InChI is InChI=1S/C17H29N5O2/c1-4-24-17(23)13-6-5-9-22(10-13)16-14(18)15(20-11-21-16)19-8-7-12(2)3/h11-13H,4-10,18H2,1-3H3,(H,19,20,21). The second-order valence-electron chi connectivity index (χ2n) is 6.61. The maximum atomic E-state index is 12.0. The van der Waals surface area contributed by atoms with Crippen molar-refractivity contribution in [3.05, 3.63) is 6.33 Å². The summed E-state index contributed by atoms with van der Waals surface area (Å²) in [6, 6.07) is 0. The SMILES string of the molecule is CCOC(=O)C1CCCN(c2ncnc(NCCC(C)C)c2N)C1. The van der Waals surface area contributed by atoms with E-state index in [2.05, 4.69) is 34.0 Å². The summed E-state index contributed by atoms with van der Waals surface area (Å²) in [5.74, 6) is 1.73. The number of nitrogens with two attached hydrogens (primary N) is 1. The lowest BCUT2D eigenvalue weighted by Crippen LogP contribution is -2.40. The Morgan fingerprint density at radius 1 is 1.50 bits per heavy atom. The fourth-order valence-electron chi connectivity index (χ4n) is 2.88. The molecule has 0 spiro atoms. The number of nitrogens with one attached hydrogen (secondary N) is 1. The molecule has 7 nitrogen and oxygen atoms in total. The number of piperidine rings is 1. The summed E-state index contributed by atoms with van der Waals surface area (Å²) >= 11 is 0. The molecular formula is C17H29N5O2. The quantitative estimate of drug-likeness (QED) is 0.738. The molecule has 1 aliphatic heterocycles. The van der Waals surface area contributed by atoms with E-state index < -0.39 is 0 Å². The highest BCUT2D eigenvalue weighted by molar-refractivity contribution is 5.77. The van der Waals surface area contributed by atoms with Crippen LogP contribution in [0.25, 0.3) is 0 Å². The van der Waals surface area contributed by atoms with Gasteiger partial charge in [0, 0.05) is 19.6 Å². The normalized spacial score (nSPS) is 17.8. The van der Waals surface area contributed by atoms with E-state index in [1.165, 1.54) is 6.33 Å². The van der Waals surface area contributed by atoms with Crippen LogP contribution in [0, 0.1) is 11.8 Å². The highest BCUT2D eigenvalue weighted by atomic mass is 16.5. The van der Waals surface area contributed by atoms with Gasteiger partial charge in [0.2, 0.25) is 0 Å². The van der Waals surface area contributed by atoms with E-state index in [4.69, 9.17) is 10.5 Å². The van der Waals surface area contributed by atoms with Crippen LogP contribution in [0.2, 0.25) is 0 Å². The van der Waals surface area contributed by atoms with Crippen molar-refractivity contribution in [2.24, 2.45) is 11.8 Å². The number of esters is 1. The van der Waals surface area contributed by atoms with Crippen molar-refractivity contribution in [1.29, 1.82) is 0 Å². The molecule has 134 valence electrons. The van der Waals surface area contributed by atoms with Crippen molar-refractivity contribution in [3.63, 3.8) is 0 Å². The molecule has 1 aromatic heterocycles. The molecule has 1 aliphatic rings. The minimum Gasteiger partial charge on any atom is -0.466 e.